The van der Waals surface area contributed by atoms with Gasteiger partial charge in [-0.05, 0) is 62.9 Å². The number of aryl methyl sites for hydroxylation is 1. The molecule has 184 valence electrons. The smallest absolute Gasteiger partial charge is 0.411 e. The minimum Gasteiger partial charge on any atom is -0.486 e. The fourth-order valence-electron chi connectivity index (χ4n) is 4.56. The molecule has 8 heteroatoms. The summed E-state index contributed by atoms with van der Waals surface area (Å²) < 4.78 is 15.5. The van der Waals surface area contributed by atoms with Crippen LogP contribution in [0.4, 0.5) is 10.5 Å². The number of aromatic nitrogens is 3. The van der Waals surface area contributed by atoms with Crippen molar-refractivity contribution in [1.29, 1.82) is 5.26 Å². The molecule has 1 saturated carbocycles. The largest absolute Gasteiger partial charge is 0.486 e. The Morgan fingerprint density at radius 2 is 2.00 bits per heavy atom. The van der Waals surface area contributed by atoms with Crippen molar-refractivity contribution in [3.05, 3.63) is 66.2 Å². The number of nitrogens with one attached hydrogen (secondary N) is 1. The van der Waals surface area contributed by atoms with E-state index in [0.29, 0.717) is 23.9 Å². The lowest BCUT2D eigenvalue weighted by Crippen LogP contribution is -2.18. The molecule has 1 aliphatic carbocycles. The average Bonchev–Trinajstić information content (AvgIpc) is 3.37. The summed E-state index contributed by atoms with van der Waals surface area (Å²) in [5, 5.41) is 13.8. The number of nitrogens with zero attached hydrogens (tertiary/aromatic N) is 4. The van der Waals surface area contributed by atoms with E-state index in [9.17, 15) is 10.1 Å². The highest BCUT2D eigenvalue weighted by Gasteiger charge is 2.28. The van der Waals surface area contributed by atoms with Gasteiger partial charge in [0.15, 0.2) is 0 Å². The molecular weight excluding hydrogens is 454 g/mol. The van der Waals surface area contributed by atoms with Gasteiger partial charge in [0.1, 0.15) is 24.3 Å². The summed E-state index contributed by atoms with van der Waals surface area (Å²) in [6.07, 6.45) is 6.27. The van der Waals surface area contributed by atoms with Crippen LogP contribution in [0.1, 0.15) is 50.5 Å². The van der Waals surface area contributed by atoms with E-state index in [4.69, 9.17) is 9.47 Å². The van der Waals surface area contributed by atoms with Crippen molar-refractivity contribution in [2.24, 2.45) is 7.05 Å². The van der Waals surface area contributed by atoms with Crippen LogP contribution in [-0.4, -0.2) is 26.3 Å². The Morgan fingerprint density at radius 1 is 1.22 bits per heavy atom. The number of amides is 1. The summed E-state index contributed by atoms with van der Waals surface area (Å²) in [5.74, 6) is 1.58. The molecule has 2 heterocycles. The van der Waals surface area contributed by atoms with E-state index < -0.39 is 6.09 Å². The van der Waals surface area contributed by atoms with Gasteiger partial charge in [0, 0.05) is 42.6 Å². The molecule has 36 heavy (non-hydrogen) atoms. The van der Waals surface area contributed by atoms with Crippen LogP contribution in [0.25, 0.3) is 22.2 Å². The number of anilines is 1. The second-order valence-corrected chi connectivity index (χ2v) is 9.37. The maximum atomic E-state index is 12.0. The Kier molecular flexibility index (Phi) is 6.38. The van der Waals surface area contributed by atoms with Gasteiger partial charge in [-0.1, -0.05) is 12.1 Å². The zero-order chi connectivity index (χ0) is 25.2. The van der Waals surface area contributed by atoms with Crippen molar-refractivity contribution in [1.82, 2.24) is 14.1 Å². The predicted molar refractivity (Wildman–Crippen MR) is 138 cm³/mol. The number of rotatable bonds is 7. The van der Waals surface area contributed by atoms with E-state index in [1.807, 2.05) is 60.3 Å². The molecule has 1 N–H and O–H groups in total. The quantitative estimate of drug-likeness (QED) is 0.339. The third kappa shape index (κ3) is 4.52. The molecule has 2 aromatic heterocycles. The highest BCUT2D eigenvalue weighted by Crippen LogP contribution is 2.43. The first-order valence-electron chi connectivity index (χ1n) is 12.2. The third-order valence-corrected chi connectivity index (χ3v) is 6.56. The molecule has 0 aliphatic heterocycles. The topological polar surface area (TPSA) is 94.1 Å². The molecule has 0 bridgehead atoms. The fourth-order valence-corrected chi connectivity index (χ4v) is 4.56. The summed E-state index contributed by atoms with van der Waals surface area (Å²) in [6.45, 7) is 3.98. The second kappa shape index (κ2) is 9.78. The summed E-state index contributed by atoms with van der Waals surface area (Å²) >= 11 is 0. The van der Waals surface area contributed by atoms with Gasteiger partial charge in [-0.3, -0.25) is 5.32 Å². The fraction of sp³-hybridized carbons (Fsp3) is 0.321. The SMILES string of the molecule is CC(C)OC(=O)Nc1ccc(-c2c(C#N)c3ccc(OCc4nccn4C)cc3n2C2CCC2)cc1. The van der Waals surface area contributed by atoms with Gasteiger partial charge in [-0.15, -0.1) is 0 Å². The van der Waals surface area contributed by atoms with E-state index >= 15 is 0 Å². The van der Waals surface area contributed by atoms with Crippen LogP contribution in [0.2, 0.25) is 0 Å². The Morgan fingerprint density at radius 3 is 2.61 bits per heavy atom. The molecule has 0 spiro atoms. The predicted octanol–water partition coefficient (Wildman–Crippen LogP) is 6.17. The number of benzene rings is 2. The van der Waals surface area contributed by atoms with Crippen LogP contribution in [-0.2, 0) is 18.4 Å². The molecule has 0 saturated heterocycles. The Labute approximate surface area is 210 Å². The normalized spacial score (nSPS) is 13.4. The van der Waals surface area contributed by atoms with Crippen molar-refractivity contribution >= 4 is 22.7 Å². The zero-order valence-corrected chi connectivity index (χ0v) is 20.7. The molecule has 0 unspecified atom stereocenters. The number of carbonyl (C=O) groups is 1. The van der Waals surface area contributed by atoms with Gasteiger partial charge < -0.3 is 18.6 Å². The maximum Gasteiger partial charge on any atom is 0.411 e. The Hall–Kier alpha value is -4.25. The molecule has 1 fully saturated rings. The van der Waals surface area contributed by atoms with E-state index in [-0.39, 0.29) is 6.10 Å². The van der Waals surface area contributed by atoms with Gasteiger partial charge in [-0.25, -0.2) is 9.78 Å². The number of ether oxygens (including phenoxy) is 2. The Bertz CT molecular complexity index is 1440. The van der Waals surface area contributed by atoms with Crippen LogP contribution in [0.5, 0.6) is 5.75 Å². The lowest BCUT2D eigenvalue weighted by molar-refractivity contribution is 0.130. The first kappa shape index (κ1) is 23.5. The standard InChI is InChI=1S/C28H29N5O3/c1-18(2)36-28(34)31-20-9-7-19(8-10-20)27-24(16-29)23-12-11-22(35-17-26-30-13-14-32(26)3)15-25(23)33(27)21-5-4-6-21/h7-15,18,21H,4-6,17H2,1-3H3,(H,31,34). The van der Waals surface area contributed by atoms with Gasteiger partial charge in [0.05, 0.1) is 22.9 Å². The molecule has 5 rings (SSSR count). The molecule has 0 radical (unpaired) electrons. The summed E-state index contributed by atoms with van der Waals surface area (Å²) in [4.78, 5) is 16.3. The van der Waals surface area contributed by atoms with Crippen LogP contribution < -0.4 is 10.1 Å². The molecule has 2 aromatic carbocycles. The van der Waals surface area contributed by atoms with Crippen LogP contribution >= 0.6 is 0 Å². The molecular formula is C28H29N5O3. The minimum atomic E-state index is -0.489. The maximum absolute atomic E-state index is 12.0. The first-order valence-corrected chi connectivity index (χ1v) is 12.2. The molecule has 1 aliphatic rings. The number of carbonyl (C=O) groups excluding carboxylic acids is 1. The van der Waals surface area contributed by atoms with Crippen LogP contribution in [0.15, 0.2) is 54.9 Å². The number of nitriles is 1. The van der Waals surface area contributed by atoms with Crippen molar-refractivity contribution in [2.45, 2.75) is 51.9 Å². The van der Waals surface area contributed by atoms with E-state index in [2.05, 4.69) is 20.9 Å². The van der Waals surface area contributed by atoms with Gasteiger partial charge in [0.25, 0.3) is 0 Å². The van der Waals surface area contributed by atoms with Crippen molar-refractivity contribution in [3.63, 3.8) is 0 Å². The number of fused-ring (bicyclic) bond motifs is 1. The molecule has 0 atom stereocenters. The van der Waals surface area contributed by atoms with Crippen LogP contribution in [0.3, 0.4) is 0 Å². The van der Waals surface area contributed by atoms with Crippen LogP contribution in [0, 0.1) is 11.3 Å². The highest BCUT2D eigenvalue weighted by atomic mass is 16.6. The molecule has 1 amide bonds. The van der Waals surface area contributed by atoms with E-state index in [1.54, 1.807) is 20.0 Å². The van der Waals surface area contributed by atoms with Gasteiger partial charge in [0.2, 0.25) is 0 Å². The lowest BCUT2D eigenvalue weighted by Gasteiger charge is -2.30. The van der Waals surface area contributed by atoms with Gasteiger partial charge >= 0.3 is 6.09 Å². The molecule has 8 nitrogen and oxygen atoms in total. The number of hydrogen-bond donors (Lipinski definition) is 1. The first-order chi connectivity index (χ1) is 17.4. The minimum absolute atomic E-state index is 0.196. The van der Waals surface area contributed by atoms with Crippen molar-refractivity contribution < 1.29 is 14.3 Å². The third-order valence-electron chi connectivity index (χ3n) is 6.56. The summed E-state index contributed by atoms with van der Waals surface area (Å²) in [5.41, 5.74) is 4.10. The number of hydrogen-bond acceptors (Lipinski definition) is 5. The number of imidazole rings is 1. The van der Waals surface area contributed by atoms with Gasteiger partial charge in [-0.2, -0.15) is 5.26 Å². The lowest BCUT2D eigenvalue weighted by atomic mass is 9.92. The van der Waals surface area contributed by atoms with E-state index in [1.165, 1.54) is 6.42 Å². The zero-order valence-electron chi connectivity index (χ0n) is 20.7. The molecule has 4 aromatic rings. The second-order valence-electron chi connectivity index (χ2n) is 9.37. The van der Waals surface area contributed by atoms with E-state index in [0.717, 1.165) is 46.6 Å². The Balaban J connectivity index is 1.51. The summed E-state index contributed by atoms with van der Waals surface area (Å²) in [7, 11) is 1.94. The highest BCUT2D eigenvalue weighted by molar-refractivity contribution is 5.96. The van der Waals surface area contributed by atoms with Crippen molar-refractivity contribution in [3.8, 4) is 23.1 Å². The average molecular weight is 484 g/mol. The summed E-state index contributed by atoms with van der Waals surface area (Å²) in [6, 6.07) is 16.2. The van der Waals surface area contributed by atoms with Crippen molar-refractivity contribution in [2.75, 3.05) is 5.32 Å². The monoisotopic (exact) mass is 483 g/mol.